The Balaban J connectivity index is 2.35. The summed E-state index contributed by atoms with van der Waals surface area (Å²) in [6, 6.07) is 5.75. The highest BCUT2D eigenvalue weighted by molar-refractivity contribution is 5.75. The second-order valence-corrected chi connectivity index (χ2v) is 3.21. The van der Waals surface area contributed by atoms with Gasteiger partial charge in [0.1, 0.15) is 5.75 Å². The zero-order chi connectivity index (χ0) is 9.42. The van der Waals surface area contributed by atoms with Gasteiger partial charge in [0.25, 0.3) is 0 Å². The molecule has 0 radical (unpaired) electrons. The van der Waals surface area contributed by atoms with Gasteiger partial charge in [-0.15, -0.1) is 0 Å². The number of fused-ring (bicyclic) bond motifs is 1. The van der Waals surface area contributed by atoms with Crippen molar-refractivity contribution in [2.75, 3.05) is 0 Å². The van der Waals surface area contributed by atoms with Crippen molar-refractivity contribution < 1.29 is 14.6 Å². The quantitative estimate of drug-likeness (QED) is 0.706. The van der Waals surface area contributed by atoms with Crippen LogP contribution in [0.5, 0.6) is 5.75 Å². The molecule has 0 unspecified atom stereocenters. The van der Waals surface area contributed by atoms with Crippen LogP contribution in [0, 0.1) is 6.92 Å². The molecule has 0 saturated heterocycles. The van der Waals surface area contributed by atoms with E-state index in [1.807, 2.05) is 25.1 Å². The molecule has 1 aliphatic heterocycles. The lowest BCUT2D eigenvalue weighted by Crippen LogP contribution is -2.24. The second kappa shape index (κ2) is 2.76. The SMILES string of the molecule is Cc1cccc2c1O[C@@H](C(=O)O)C2. The van der Waals surface area contributed by atoms with Crippen molar-refractivity contribution in [1.29, 1.82) is 0 Å². The number of carboxylic acid groups (broad SMARTS) is 1. The third kappa shape index (κ3) is 1.26. The van der Waals surface area contributed by atoms with Crippen LogP contribution in [0.2, 0.25) is 0 Å². The Morgan fingerprint density at radius 1 is 1.62 bits per heavy atom. The smallest absolute Gasteiger partial charge is 0.345 e. The Kier molecular flexibility index (Phi) is 1.72. The topological polar surface area (TPSA) is 46.5 Å². The summed E-state index contributed by atoms with van der Waals surface area (Å²) in [6.45, 7) is 1.92. The minimum Gasteiger partial charge on any atom is -0.478 e. The molecular formula is C10H10O3. The van der Waals surface area contributed by atoms with Gasteiger partial charge in [0, 0.05) is 6.42 Å². The van der Waals surface area contributed by atoms with Gasteiger partial charge in [-0.05, 0) is 18.1 Å². The van der Waals surface area contributed by atoms with E-state index in [4.69, 9.17) is 9.84 Å². The average molecular weight is 178 g/mol. The third-order valence-electron chi connectivity index (χ3n) is 2.23. The van der Waals surface area contributed by atoms with Crippen LogP contribution in [0.3, 0.4) is 0 Å². The number of hydrogen-bond acceptors (Lipinski definition) is 2. The molecule has 2 rings (SSSR count). The van der Waals surface area contributed by atoms with Gasteiger partial charge in [-0.25, -0.2) is 4.79 Å². The van der Waals surface area contributed by atoms with Crippen molar-refractivity contribution >= 4 is 5.97 Å². The van der Waals surface area contributed by atoms with Crippen LogP contribution in [0.4, 0.5) is 0 Å². The van der Waals surface area contributed by atoms with Crippen LogP contribution in [0.25, 0.3) is 0 Å². The number of carboxylic acids is 1. The van der Waals surface area contributed by atoms with Crippen LogP contribution in [-0.4, -0.2) is 17.2 Å². The predicted octanol–water partition coefficient (Wildman–Crippen LogP) is 1.38. The number of carbonyl (C=O) groups is 1. The zero-order valence-corrected chi connectivity index (χ0v) is 7.28. The van der Waals surface area contributed by atoms with Crippen LogP contribution < -0.4 is 4.74 Å². The van der Waals surface area contributed by atoms with Gasteiger partial charge in [0.05, 0.1) is 0 Å². The molecule has 0 aromatic heterocycles. The minimum absolute atomic E-state index is 0.479. The molecule has 0 amide bonds. The summed E-state index contributed by atoms with van der Waals surface area (Å²) < 4.78 is 5.30. The number of ether oxygens (including phenoxy) is 1. The first-order chi connectivity index (χ1) is 6.18. The number of aliphatic carboxylic acids is 1. The zero-order valence-electron chi connectivity index (χ0n) is 7.28. The Bertz CT molecular complexity index is 357. The summed E-state index contributed by atoms with van der Waals surface area (Å²) in [7, 11) is 0. The van der Waals surface area contributed by atoms with E-state index in [2.05, 4.69) is 0 Å². The van der Waals surface area contributed by atoms with E-state index in [0.29, 0.717) is 6.42 Å². The fourth-order valence-corrected chi connectivity index (χ4v) is 1.56. The van der Waals surface area contributed by atoms with Crippen LogP contribution in [0.1, 0.15) is 11.1 Å². The van der Waals surface area contributed by atoms with Gasteiger partial charge in [-0.2, -0.15) is 0 Å². The molecule has 1 aromatic rings. The van der Waals surface area contributed by atoms with Crippen molar-refractivity contribution in [2.24, 2.45) is 0 Å². The van der Waals surface area contributed by atoms with Gasteiger partial charge in [0.2, 0.25) is 0 Å². The lowest BCUT2D eigenvalue weighted by Gasteiger charge is -2.05. The first-order valence-electron chi connectivity index (χ1n) is 4.16. The first kappa shape index (κ1) is 8.10. The number of para-hydroxylation sites is 1. The van der Waals surface area contributed by atoms with Crippen molar-refractivity contribution in [3.8, 4) is 5.75 Å². The molecular weight excluding hydrogens is 168 g/mol. The van der Waals surface area contributed by atoms with E-state index in [1.54, 1.807) is 0 Å². The van der Waals surface area contributed by atoms with E-state index in [0.717, 1.165) is 16.9 Å². The molecule has 0 bridgehead atoms. The maximum absolute atomic E-state index is 10.7. The highest BCUT2D eigenvalue weighted by Crippen LogP contribution is 2.31. The molecule has 0 spiro atoms. The molecule has 1 aliphatic rings. The van der Waals surface area contributed by atoms with Gasteiger partial charge in [-0.3, -0.25) is 0 Å². The van der Waals surface area contributed by atoms with Crippen LogP contribution in [0.15, 0.2) is 18.2 Å². The van der Waals surface area contributed by atoms with Gasteiger partial charge >= 0.3 is 5.97 Å². The molecule has 0 fully saturated rings. The van der Waals surface area contributed by atoms with Crippen molar-refractivity contribution in [3.63, 3.8) is 0 Å². The third-order valence-corrected chi connectivity index (χ3v) is 2.23. The van der Waals surface area contributed by atoms with E-state index in [-0.39, 0.29) is 0 Å². The standard InChI is InChI=1S/C10H10O3/c1-6-3-2-4-7-5-8(10(11)12)13-9(6)7/h2-4,8H,5H2,1H3,(H,11,12)/t8-/m1/s1. The highest BCUT2D eigenvalue weighted by atomic mass is 16.5. The molecule has 13 heavy (non-hydrogen) atoms. The number of benzene rings is 1. The van der Waals surface area contributed by atoms with Gasteiger partial charge in [-0.1, -0.05) is 18.2 Å². The Morgan fingerprint density at radius 3 is 3.00 bits per heavy atom. The normalized spacial score (nSPS) is 19.3. The van der Waals surface area contributed by atoms with Gasteiger partial charge in [0.15, 0.2) is 6.10 Å². The van der Waals surface area contributed by atoms with E-state index in [1.165, 1.54) is 0 Å². The average Bonchev–Trinajstić information content (AvgIpc) is 2.49. The maximum atomic E-state index is 10.7. The molecule has 1 heterocycles. The number of aryl methyl sites for hydroxylation is 1. The van der Waals surface area contributed by atoms with Crippen molar-refractivity contribution in [3.05, 3.63) is 29.3 Å². The van der Waals surface area contributed by atoms with E-state index < -0.39 is 12.1 Å². The molecule has 0 aliphatic carbocycles. The minimum atomic E-state index is -0.893. The lowest BCUT2D eigenvalue weighted by molar-refractivity contribution is -0.144. The van der Waals surface area contributed by atoms with Crippen LogP contribution >= 0.6 is 0 Å². The fraction of sp³-hybridized carbons (Fsp3) is 0.300. The van der Waals surface area contributed by atoms with Gasteiger partial charge < -0.3 is 9.84 Å². The molecule has 1 aromatic carbocycles. The van der Waals surface area contributed by atoms with Crippen LogP contribution in [-0.2, 0) is 11.2 Å². The Morgan fingerprint density at radius 2 is 2.38 bits per heavy atom. The monoisotopic (exact) mass is 178 g/mol. The lowest BCUT2D eigenvalue weighted by atomic mass is 10.1. The first-order valence-corrected chi connectivity index (χ1v) is 4.16. The molecule has 1 N–H and O–H groups in total. The highest BCUT2D eigenvalue weighted by Gasteiger charge is 2.29. The molecule has 1 atom stereocenters. The molecule has 3 nitrogen and oxygen atoms in total. The summed E-state index contributed by atoms with van der Waals surface area (Å²) in [6.07, 6.45) is -0.220. The number of rotatable bonds is 1. The molecule has 0 saturated carbocycles. The maximum Gasteiger partial charge on any atom is 0.345 e. The Labute approximate surface area is 76.0 Å². The summed E-state index contributed by atoms with van der Waals surface area (Å²) >= 11 is 0. The van der Waals surface area contributed by atoms with E-state index in [9.17, 15) is 4.79 Å². The van der Waals surface area contributed by atoms with Crippen molar-refractivity contribution in [2.45, 2.75) is 19.4 Å². The van der Waals surface area contributed by atoms with E-state index >= 15 is 0 Å². The largest absolute Gasteiger partial charge is 0.478 e. The summed E-state index contributed by atoms with van der Waals surface area (Å²) in [5, 5.41) is 8.75. The predicted molar refractivity (Wildman–Crippen MR) is 46.9 cm³/mol. The molecule has 68 valence electrons. The Hall–Kier alpha value is -1.51. The fourth-order valence-electron chi connectivity index (χ4n) is 1.56. The number of hydrogen-bond donors (Lipinski definition) is 1. The summed E-state index contributed by atoms with van der Waals surface area (Å²) in [5.74, 6) is -0.148. The molecule has 3 heteroatoms. The second-order valence-electron chi connectivity index (χ2n) is 3.21. The van der Waals surface area contributed by atoms with Crippen molar-refractivity contribution in [1.82, 2.24) is 0 Å². The summed E-state index contributed by atoms with van der Waals surface area (Å²) in [5.41, 5.74) is 1.99. The summed E-state index contributed by atoms with van der Waals surface area (Å²) in [4.78, 5) is 10.7.